The van der Waals surface area contributed by atoms with Crippen molar-refractivity contribution >= 4 is 40.3 Å². The van der Waals surface area contributed by atoms with Crippen LogP contribution in [0.3, 0.4) is 0 Å². The Labute approximate surface area is 221 Å². The Kier molecular flexibility index (Phi) is 6.77. The van der Waals surface area contributed by atoms with E-state index in [9.17, 15) is 4.79 Å². The Morgan fingerprint density at radius 1 is 1.00 bits per heavy atom. The number of benzene rings is 2. The number of carbonyl (C=O) groups excluding carboxylic acids is 1. The summed E-state index contributed by atoms with van der Waals surface area (Å²) < 4.78 is 6.12. The maximum atomic E-state index is 11.2. The number of halogens is 1. The van der Waals surface area contributed by atoms with Crippen molar-refractivity contribution in [2.24, 2.45) is 0 Å². The second kappa shape index (κ2) is 10.5. The first-order valence-electron chi connectivity index (χ1n) is 13.0. The Morgan fingerprint density at radius 2 is 1.84 bits per heavy atom. The van der Waals surface area contributed by atoms with E-state index in [0.29, 0.717) is 17.2 Å². The van der Waals surface area contributed by atoms with Crippen LogP contribution >= 0.6 is 11.6 Å². The molecular weight excluding hydrogens is 484 g/mol. The van der Waals surface area contributed by atoms with Crippen LogP contribution in [0.25, 0.3) is 22.0 Å². The lowest BCUT2D eigenvalue weighted by atomic mass is 9.97. The second-order valence-corrected chi connectivity index (χ2v) is 10.0. The lowest BCUT2D eigenvalue weighted by molar-refractivity contribution is 0.112. The Hall–Kier alpha value is -3.48. The first-order valence-corrected chi connectivity index (χ1v) is 13.3. The number of pyridine rings is 2. The highest BCUT2D eigenvalue weighted by Crippen LogP contribution is 2.44. The van der Waals surface area contributed by atoms with Crippen molar-refractivity contribution in [3.63, 3.8) is 0 Å². The number of ether oxygens (including phenoxy) is 1. The zero-order valence-corrected chi connectivity index (χ0v) is 21.5. The molecule has 1 fully saturated rings. The van der Waals surface area contributed by atoms with Gasteiger partial charge < -0.3 is 14.5 Å². The number of rotatable bonds is 8. The third-order valence-electron chi connectivity index (χ3n) is 7.35. The minimum atomic E-state index is 0.557. The summed E-state index contributed by atoms with van der Waals surface area (Å²) in [6, 6.07) is 16.1. The fourth-order valence-corrected chi connectivity index (χ4v) is 5.82. The summed E-state index contributed by atoms with van der Waals surface area (Å²) in [4.78, 5) is 25.2. The number of aromatic nitrogens is 2. The average molecular weight is 513 g/mol. The molecule has 6 nitrogen and oxygen atoms in total. The minimum absolute atomic E-state index is 0.557. The predicted octanol–water partition coefficient (Wildman–Crippen LogP) is 6.32. The van der Waals surface area contributed by atoms with E-state index < -0.39 is 0 Å². The van der Waals surface area contributed by atoms with Gasteiger partial charge in [0.25, 0.3) is 0 Å². The van der Waals surface area contributed by atoms with Crippen molar-refractivity contribution in [1.29, 1.82) is 0 Å². The van der Waals surface area contributed by atoms with Crippen molar-refractivity contribution in [3.05, 3.63) is 77.1 Å². The van der Waals surface area contributed by atoms with Gasteiger partial charge in [-0.25, -0.2) is 4.98 Å². The molecule has 0 bridgehead atoms. The van der Waals surface area contributed by atoms with Crippen LogP contribution in [0.5, 0.6) is 5.75 Å². The summed E-state index contributed by atoms with van der Waals surface area (Å²) in [5.74, 6) is 1.53. The van der Waals surface area contributed by atoms with Gasteiger partial charge in [-0.15, -0.1) is 0 Å². The van der Waals surface area contributed by atoms with Gasteiger partial charge in [-0.3, -0.25) is 9.78 Å². The van der Waals surface area contributed by atoms with Gasteiger partial charge in [0.1, 0.15) is 11.3 Å². The molecule has 0 atom stereocenters. The van der Waals surface area contributed by atoms with Crippen LogP contribution < -0.4 is 9.64 Å². The van der Waals surface area contributed by atoms with Gasteiger partial charge in [0.2, 0.25) is 0 Å². The SMILES string of the molecule is O=Cc1cnc2c(N3CCc4c(-c5cccc(OCCCN6CCCC6)c5Cl)cccc43)nccc2c1. The summed E-state index contributed by atoms with van der Waals surface area (Å²) in [5.41, 5.74) is 5.78. The van der Waals surface area contributed by atoms with Crippen molar-refractivity contribution < 1.29 is 9.53 Å². The molecule has 0 unspecified atom stereocenters. The molecule has 0 aliphatic carbocycles. The van der Waals surface area contributed by atoms with E-state index in [4.69, 9.17) is 16.3 Å². The molecule has 188 valence electrons. The van der Waals surface area contributed by atoms with Crippen LogP contribution in [-0.2, 0) is 6.42 Å². The average Bonchev–Trinajstić information content (AvgIpc) is 3.61. The number of hydrogen-bond acceptors (Lipinski definition) is 6. The standard InChI is InChI=1S/C30H29ClN4O2/c31-28-25(7-4-9-27(28)37-17-5-15-34-13-1-2-14-34)23-6-3-8-26-24(23)11-16-35(26)30-29-22(10-12-32-30)18-21(20-36)19-33-29/h3-4,6-10,12,18-20H,1-2,5,11,13-17H2. The normalized spacial score (nSPS) is 15.3. The van der Waals surface area contributed by atoms with Gasteiger partial charge in [-0.2, -0.15) is 0 Å². The van der Waals surface area contributed by atoms with Gasteiger partial charge in [0.15, 0.2) is 12.1 Å². The lowest BCUT2D eigenvalue weighted by Crippen LogP contribution is -2.21. The van der Waals surface area contributed by atoms with Crippen LogP contribution in [0.2, 0.25) is 5.02 Å². The van der Waals surface area contributed by atoms with Crippen LogP contribution in [-0.4, -0.2) is 53.9 Å². The van der Waals surface area contributed by atoms with E-state index in [0.717, 1.165) is 71.5 Å². The van der Waals surface area contributed by atoms with Crippen LogP contribution in [0.1, 0.15) is 35.2 Å². The molecule has 2 aliphatic rings. The molecule has 0 amide bonds. The molecule has 4 aromatic rings. The maximum Gasteiger partial charge on any atom is 0.159 e. The lowest BCUT2D eigenvalue weighted by Gasteiger charge is -2.20. The highest BCUT2D eigenvalue weighted by atomic mass is 35.5. The molecule has 0 saturated carbocycles. The molecule has 37 heavy (non-hydrogen) atoms. The topological polar surface area (TPSA) is 58.6 Å². The number of hydrogen-bond donors (Lipinski definition) is 0. The zero-order chi connectivity index (χ0) is 25.2. The van der Waals surface area contributed by atoms with Gasteiger partial charge in [0.05, 0.1) is 11.6 Å². The molecule has 7 heteroatoms. The van der Waals surface area contributed by atoms with Gasteiger partial charge in [-0.05, 0) is 74.2 Å². The largest absolute Gasteiger partial charge is 0.492 e. The third kappa shape index (κ3) is 4.67. The number of nitrogens with zero attached hydrogens (tertiary/aromatic N) is 4. The summed E-state index contributed by atoms with van der Waals surface area (Å²) in [6.07, 6.45) is 8.67. The Balaban J connectivity index is 1.27. The van der Waals surface area contributed by atoms with E-state index in [1.54, 1.807) is 12.4 Å². The van der Waals surface area contributed by atoms with Crippen LogP contribution in [0, 0.1) is 0 Å². The number of anilines is 2. The first kappa shape index (κ1) is 23.9. The number of carbonyl (C=O) groups is 1. The molecule has 0 N–H and O–H groups in total. The fourth-order valence-electron chi connectivity index (χ4n) is 5.54. The van der Waals surface area contributed by atoms with E-state index in [1.165, 1.54) is 31.5 Å². The van der Waals surface area contributed by atoms with Crippen molar-refractivity contribution in [2.75, 3.05) is 37.7 Å². The van der Waals surface area contributed by atoms with E-state index >= 15 is 0 Å². The quantitative estimate of drug-likeness (QED) is 0.203. The van der Waals surface area contributed by atoms with E-state index in [1.807, 2.05) is 24.3 Å². The zero-order valence-electron chi connectivity index (χ0n) is 20.7. The molecule has 2 aromatic heterocycles. The molecular formula is C30H29ClN4O2. The molecule has 1 saturated heterocycles. The smallest absolute Gasteiger partial charge is 0.159 e. The second-order valence-electron chi connectivity index (χ2n) is 9.67. The van der Waals surface area contributed by atoms with Crippen LogP contribution in [0.15, 0.2) is 60.9 Å². The summed E-state index contributed by atoms with van der Waals surface area (Å²) in [5, 5.41) is 1.55. The van der Waals surface area contributed by atoms with E-state index in [-0.39, 0.29) is 0 Å². The number of fused-ring (bicyclic) bond motifs is 2. The van der Waals surface area contributed by atoms with Crippen LogP contribution in [0.4, 0.5) is 11.5 Å². The van der Waals surface area contributed by atoms with Gasteiger partial charge in [0, 0.05) is 47.7 Å². The monoisotopic (exact) mass is 512 g/mol. The summed E-state index contributed by atoms with van der Waals surface area (Å²) in [7, 11) is 0. The summed E-state index contributed by atoms with van der Waals surface area (Å²) >= 11 is 6.91. The molecule has 4 heterocycles. The van der Waals surface area contributed by atoms with E-state index in [2.05, 4.69) is 44.0 Å². The molecule has 6 rings (SSSR count). The maximum absolute atomic E-state index is 11.2. The van der Waals surface area contributed by atoms with Gasteiger partial charge >= 0.3 is 0 Å². The van der Waals surface area contributed by atoms with Crippen molar-refractivity contribution in [1.82, 2.24) is 14.9 Å². The highest BCUT2D eigenvalue weighted by Gasteiger charge is 2.27. The Bertz CT molecular complexity index is 1450. The first-order chi connectivity index (χ1) is 18.2. The predicted molar refractivity (Wildman–Crippen MR) is 148 cm³/mol. The van der Waals surface area contributed by atoms with Crippen molar-refractivity contribution in [2.45, 2.75) is 25.7 Å². The van der Waals surface area contributed by atoms with Gasteiger partial charge in [-0.1, -0.05) is 35.9 Å². The molecule has 0 spiro atoms. The number of likely N-dealkylation sites (tertiary alicyclic amines) is 1. The summed E-state index contributed by atoms with van der Waals surface area (Å²) in [6.45, 7) is 4.94. The molecule has 2 aromatic carbocycles. The fraction of sp³-hybridized carbons (Fsp3) is 0.300. The highest BCUT2D eigenvalue weighted by molar-refractivity contribution is 6.35. The van der Waals surface area contributed by atoms with Crippen molar-refractivity contribution in [3.8, 4) is 16.9 Å². The molecule has 0 radical (unpaired) electrons. The third-order valence-corrected chi connectivity index (χ3v) is 7.74. The molecule has 2 aliphatic heterocycles. The Morgan fingerprint density at radius 3 is 2.70 bits per heavy atom. The minimum Gasteiger partial charge on any atom is -0.492 e. The number of aldehydes is 1.